The molecule has 0 radical (unpaired) electrons. The van der Waals surface area contributed by atoms with Crippen LogP contribution in [-0.4, -0.2) is 0 Å². The first-order valence-electron chi connectivity index (χ1n) is 16.0. The van der Waals surface area contributed by atoms with Crippen LogP contribution in [0.1, 0.15) is 49.9 Å². The van der Waals surface area contributed by atoms with Gasteiger partial charge < -0.3 is 4.90 Å². The summed E-state index contributed by atoms with van der Waals surface area (Å²) in [5.74, 6) is 0. The molecule has 0 saturated carbocycles. The molecule has 0 aromatic heterocycles. The Hall–Kier alpha value is -5.14. The maximum Gasteiger partial charge on any atom is 0.0543 e. The Morgan fingerprint density at radius 2 is 0.889 bits per heavy atom. The molecular formula is C44H35N. The van der Waals surface area contributed by atoms with Crippen LogP contribution in [0.3, 0.4) is 0 Å². The summed E-state index contributed by atoms with van der Waals surface area (Å²) < 4.78 is 0. The molecule has 0 N–H and O–H groups in total. The first kappa shape index (κ1) is 26.3. The van der Waals surface area contributed by atoms with Gasteiger partial charge in [-0.2, -0.15) is 0 Å². The first-order valence-corrected chi connectivity index (χ1v) is 16.0. The Morgan fingerprint density at radius 1 is 0.400 bits per heavy atom. The monoisotopic (exact) mass is 577 g/mol. The average molecular weight is 578 g/mol. The molecule has 0 heterocycles. The molecule has 2 aliphatic carbocycles. The summed E-state index contributed by atoms with van der Waals surface area (Å²) in [6.45, 7) is 9.64. The lowest BCUT2D eigenvalue weighted by atomic mass is 9.79. The predicted octanol–water partition coefficient (Wildman–Crippen LogP) is 12.1. The zero-order chi connectivity index (χ0) is 30.5. The Bertz CT molecular complexity index is 2270. The van der Waals surface area contributed by atoms with Gasteiger partial charge in [0.05, 0.1) is 5.69 Å². The van der Waals surface area contributed by atoms with Crippen LogP contribution in [0.5, 0.6) is 0 Å². The fraction of sp³-hybridized carbons (Fsp3) is 0.136. The topological polar surface area (TPSA) is 3.24 Å². The average Bonchev–Trinajstić information content (AvgIpc) is 3.44. The molecular weight excluding hydrogens is 542 g/mol. The van der Waals surface area contributed by atoms with Gasteiger partial charge in [0.25, 0.3) is 0 Å². The summed E-state index contributed by atoms with van der Waals surface area (Å²) in [4.78, 5) is 2.42. The van der Waals surface area contributed by atoms with E-state index in [2.05, 4.69) is 172 Å². The number of hydrogen-bond donors (Lipinski definition) is 0. The maximum absolute atomic E-state index is 2.55. The van der Waals surface area contributed by atoms with Gasteiger partial charge in [0, 0.05) is 27.6 Å². The van der Waals surface area contributed by atoms with Gasteiger partial charge in [-0.25, -0.2) is 0 Å². The fourth-order valence-corrected chi connectivity index (χ4v) is 8.33. The number of anilines is 3. The standard InChI is InChI=1S/C44H35N/c1-43(2)36-24-23-28-15-11-12-20-31(28)41(36)34-25-38-35(26-37(34)43)42-33-22-14-13-21-32(33)40(27-39(42)44(38,3)4)45(29-16-7-5-8-17-29)30-18-9-6-10-19-30/h5-27H,1-4H3. The minimum atomic E-state index is -0.172. The molecule has 2 aliphatic rings. The van der Waals surface area contributed by atoms with Crippen molar-refractivity contribution < 1.29 is 0 Å². The zero-order valence-corrected chi connectivity index (χ0v) is 26.2. The van der Waals surface area contributed by atoms with Gasteiger partial charge in [-0.3, -0.25) is 0 Å². The largest absolute Gasteiger partial charge is 0.310 e. The highest BCUT2D eigenvalue weighted by atomic mass is 15.1. The van der Waals surface area contributed by atoms with E-state index in [-0.39, 0.29) is 10.8 Å². The first-order chi connectivity index (χ1) is 21.9. The Balaban J connectivity index is 1.34. The van der Waals surface area contributed by atoms with Crippen molar-refractivity contribution in [2.75, 3.05) is 4.90 Å². The van der Waals surface area contributed by atoms with Gasteiger partial charge in [-0.05, 0) is 103 Å². The molecule has 0 bridgehead atoms. The maximum atomic E-state index is 2.55. The third kappa shape index (κ3) is 3.56. The Labute approximate surface area is 265 Å². The highest BCUT2D eigenvalue weighted by molar-refractivity contribution is 6.11. The van der Waals surface area contributed by atoms with Crippen LogP contribution in [0.25, 0.3) is 43.8 Å². The SMILES string of the molecule is CC1(C)c2cc3c(cc2-c2c1ccc1ccccc21)C(C)(C)c1cc(N(c2ccccc2)c2ccccc2)c2ccccc2c1-3. The van der Waals surface area contributed by atoms with Gasteiger partial charge in [-0.15, -0.1) is 0 Å². The van der Waals surface area contributed by atoms with Crippen LogP contribution in [0.4, 0.5) is 17.1 Å². The third-order valence-electron chi connectivity index (χ3n) is 10.6. The highest BCUT2D eigenvalue weighted by Crippen LogP contribution is 2.59. The van der Waals surface area contributed by atoms with Crippen molar-refractivity contribution in [1.29, 1.82) is 0 Å². The number of fused-ring (bicyclic) bond motifs is 10. The summed E-state index contributed by atoms with van der Waals surface area (Å²) in [7, 11) is 0. The van der Waals surface area contributed by atoms with Gasteiger partial charge in [0.1, 0.15) is 0 Å². The van der Waals surface area contributed by atoms with E-state index in [1.54, 1.807) is 0 Å². The number of hydrogen-bond acceptors (Lipinski definition) is 1. The molecule has 7 aromatic rings. The third-order valence-corrected chi connectivity index (χ3v) is 10.6. The molecule has 7 aromatic carbocycles. The van der Waals surface area contributed by atoms with Crippen molar-refractivity contribution in [2.45, 2.75) is 38.5 Å². The predicted molar refractivity (Wildman–Crippen MR) is 191 cm³/mol. The van der Waals surface area contributed by atoms with Crippen molar-refractivity contribution in [3.63, 3.8) is 0 Å². The lowest BCUT2D eigenvalue weighted by Gasteiger charge is -2.29. The number of benzene rings is 7. The molecule has 0 aliphatic heterocycles. The van der Waals surface area contributed by atoms with Crippen molar-refractivity contribution in [1.82, 2.24) is 0 Å². The molecule has 0 spiro atoms. The van der Waals surface area contributed by atoms with E-state index in [4.69, 9.17) is 0 Å². The van der Waals surface area contributed by atoms with Crippen molar-refractivity contribution >= 4 is 38.6 Å². The van der Waals surface area contributed by atoms with Crippen LogP contribution < -0.4 is 4.90 Å². The van der Waals surface area contributed by atoms with Gasteiger partial charge in [0.15, 0.2) is 0 Å². The number of para-hydroxylation sites is 2. The molecule has 216 valence electrons. The van der Waals surface area contributed by atoms with E-state index in [9.17, 15) is 0 Å². The minimum absolute atomic E-state index is 0.0796. The van der Waals surface area contributed by atoms with Crippen LogP contribution in [0.15, 0.2) is 140 Å². The highest BCUT2D eigenvalue weighted by Gasteiger charge is 2.43. The van der Waals surface area contributed by atoms with Gasteiger partial charge >= 0.3 is 0 Å². The molecule has 0 fully saturated rings. The van der Waals surface area contributed by atoms with Gasteiger partial charge in [-0.1, -0.05) is 125 Å². The molecule has 9 rings (SSSR count). The van der Waals surface area contributed by atoms with E-state index >= 15 is 0 Å². The summed E-state index contributed by atoms with van der Waals surface area (Å²) in [5.41, 5.74) is 14.5. The molecule has 1 heteroatoms. The summed E-state index contributed by atoms with van der Waals surface area (Å²) >= 11 is 0. The quantitative estimate of drug-likeness (QED) is 0.202. The summed E-state index contributed by atoms with van der Waals surface area (Å²) in [5, 5.41) is 5.23. The minimum Gasteiger partial charge on any atom is -0.310 e. The molecule has 0 atom stereocenters. The zero-order valence-electron chi connectivity index (χ0n) is 26.2. The molecule has 0 saturated heterocycles. The Kier molecular flexibility index (Phi) is 5.37. The van der Waals surface area contributed by atoms with Crippen molar-refractivity contribution in [2.24, 2.45) is 0 Å². The van der Waals surface area contributed by atoms with Crippen molar-refractivity contribution in [3.05, 3.63) is 162 Å². The van der Waals surface area contributed by atoms with E-state index in [1.165, 1.54) is 71.7 Å². The normalized spacial score (nSPS) is 15.0. The Morgan fingerprint density at radius 3 is 1.51 bits per heavy atom. The second-order valence-electron chi connectivity index (χ2n) is 13.8. The van der Waals surface area contributed by atoms with Gasteiger partial charge in [0.2, 0.25) is 0 Å². The van der Waals surface area contributed by atoms with E-state index in [0.717, 1.165) is 11.4 Å². The second-order valence-corrected chi connectivity index (χ2v) is 13.8. The second kappa shape index (κ2) is 9.19. The van der Waals surface area contributed by atoms with Crippen LogP contribution in [0.2, 0.25) is 0 Å². The molecule has 0 amide bonds. The fourth-order valence-electron chi connectivity index (χ4n) is 8.33. The van der Waals surface area contributed by atoms with E-state index in [1.807, 2.05) is 0 Å². The van der Waals surface area contributed by atoms with Crippen LogP contribution in [-0.2, 0) is 10.8 Å². The molecule has 45 heavy (non-hydrogen) atoms. The summed E-state index contributed by atoms with van der Waals surface area (Å²) in [6, 6.07) is 51.7. The molecule has 0 unspecified atom stereocenters. The van der Waals surface area contributed by atoms with E-state index < -0.39 is 0 Å². The smallest absolute Gasteiger partial charge is 0.0543 e. The van der Waals surface area contributed by atoms with Crippen molar-refractivity contribution in [3.8, 4) is 22.3 Å². The lowest BCUT2D eigenvalue weighted by molar-refractivity contribution is 0.652. The summed E-state index contributed by atoms with van der Waals surface area (Å²) in [6.07, 6.45) is 0. The number of nitrogens with zero attached hydrogens (tertiary/aromatic N) is 1. The van der Waals surface area contributed by atoms with Crippen LogP contribution >= 0.6 is 0 Å². The number of rotatable bonds is 3. The van der Waals surface area contributed by atoms with Crippen LogP contribution in [0, 0.1) is 0 Å². The molecule has 1 nitrogen and oxygen atoms in total. The lowest BCUT2D eigenvalue weighted by Crippen LogP contribution is -2.17. The van der Waals surface area contributed by atoms with E-state index in [0.29, 0.717) is 0 Å².